The molecule has 2 rings (SSSR count). The third-order valence-electron chi connectivity index (χ3n) is 3.37. The van der Waals surface area contributed by atoms with Crippen LogP contribution in [0.25, 0.3) is 0 Å². The average molecular weight is 249 g/mol. The lowest BCUT2D eigenvalue weighted by atomic mass is 9.98. The summed E-state index contributed by atoms with van der Waals surface area (Å²) in [6.07, 6.45) is 3.99. The van der Waals surface area contributed by atoms with E-state index in [9.17, 15) is 4.79 Å². The molecule has 0 spiro atoms. The Morgan fingerprint density at radius 3 is 2.81 bits per heavy atom. The minimum Gasteiger partial charge on any atom is -0.368 e. The summed E-state index contributed by atoms with van der Waals surface area (Å²) in [7, 11) is 0. The lowest BCUT2D eigenvalue weighted by Gasteiger charge is -2.33. The van der Waals surface area contributed by atoms with Crippen molar-refractivity contribution in [3.8, 4) is 0 Å². The lowest BCUT2D eigenvalue weighted by Crippen LogP contribution is -2.46. The van der Waals surface area contributed by atoms with Gasteiger partial charge in [-0.25, -0.2) is 0 Å². The second-order valence-corrected chi connectivity index (χ2v) is 4.53. The highest BCUT2D eigenvalue weighted by molar-refractivity contribution is 5.85. The fourth-order valence-corrected chi connectivity index (χ4v) is 2.43. The van der Waals surface area contributed by atoms with Gasteiger partial charge in [0.1, 0.15) is 6.10 Å². The van der Waals surface area contributed by atoms with Gasteiger partial charge in [0.2, 0.25) is 0 Å². The van der Waals surface area contributed by atoms with E-state index in [0.29, 0.717) is 12.5 Å². The maximum absolute atomic E-state index is 12.0. The van der Waals surface area contributed by atoms with Crippen LogP contribution in [0.5, 0.6) is 0 Å². The maximum Gasteiger partial charge on any atom is 0.251 e. The number of piperidine rings is 1. The van der Waals surface area contributed by atoms with Crippen molar-refractivity contribution in [3.05, 3.63) is 0 Å². The van der Waals surface area contributed by atoms with Crippen molar-refractivity contribution in [2.75, 3.05) is 26.2 Å². The molecule has 2 aliphatic rings. The Balaban J connectivity index is 0.00000128. The van der Waals surface area contributed by atoms with E-state index in [0.717, 1.165) is 45.4 Å². The van der Waals surface area contributed by atoms with E-state index in [4.69, 9.17) is 10.5 Å². The first kappa shape index (κ1) is 13.7. The van der Waals surface area contributed by atoms with Crippen LogP contribution in [0, 0.1) is 5.92 Å². The molecule has 5 heteroatoms. The molecule has 2 unspecified atom stereocenters. The van der Waals surface area contributed by atoms with E-state index in [1.807, 2.05) is 4.90 Å². The molecule has 2 fully saturated rings. The van der Waals surface area contributed by atoms with Gasteiger partial charge in [-0.2, -0.15) is 0 Å². The largest absolute Gasteiger partial charge is 0.368 e. The second-order valence-electron chi connectivity index (χ2n) is 4.53. The number of halogens is 1. The number of hydrogen-bond acceptors (Lipinski definition) is 3. The number of carbonyl (C=O) groups is 1. The van der Waals surface area contributed by atoms with Crippen LogP contribution in [-0.2, 0) is 9.53 Å². The van der Waals surface area contributed by atoms with Gasteiger partial charge >= 0.3 is 0 Å². The first-order chi connectivity index (χ1) is 7.31. The van der Waals surface area contributed by atoms with Crippen molar-refractivity contribution in [3.63, 3.8) is 0 Å². The normalized spacial score (nSPS) is 29.9. The summed E-state index contributed by atoms with van der Waals surface area (Å²) in [4.78, 5) is 14.0. The van der Waals surface area contributed by atoms with Crippen molar-refractivity contribution < 1.29 is 9.53 Å². The molecule has 16 heavy (non-hydrogen) atoms. The van der Waals surface area contributed by atoms with Gasteiger partial charge in [0, 0.05) is 19.7 Å². The number of rotatable bonds is 2. The molecule has 94 valence electrons. The maximum atomic E-state index is 12.0. The molecule has 4 nitrogen and oxygen atoms in total. The van der Waals surface area contributed by atoms with E-state index in [1.165, 1.54) is 0 Å². The summed E-state index contributed by atoms with van der Waals surface area (Å²) >= 11 is 0. The topological polar surface area (TPSA) is 55.6 Å². The third kappa shape index (κ3) is 3.09. The summed E-state index contributed by atoms with van der Waals surface area (Å²) in [6.45, 7) is 3.14. The first-order valence-electron chi connectivity index (χ1n) is 5.91. The summed E-state index contributed by atoms with van der Waals surface area (Å²) in [5.74, 6) is 0.676. The van der Waals surface area contributed by atoms with Crippen LogP contribution >= 0.6 is 12.4 Å². The van der Waals surface area contributed by atoms with Gasteiger partial charge in [0.15, 0.2) is 0 Å². The van der Waals surface area contributed by atoms with Gasteiger partial charge in [0.25, 0.3) is 5.91 Å². The van der Waals surface area contributed by atoms with Crippen LogP contribution in [-0.4, -0.2) is 43.2 Å². The van der Waals surface area contributed by atoms with E-state index < -0.39 is 0 Å². The second kappa shape index (κ2) is 6.42. The van der Waals surface area contributed by atoms with Gasteiger partial charge in [-0.05, 0) is 38.1 Å². The lowest BCUT2D eigenvalue weighted by molar-refractivity contribution is -0.142. The molecule has 1 amide bonds. The smallest absolute Gasteiger partial charge is 0.251 e. The van der Waals surface area contributed by atoms with Gasteiger partial charge in [-0.3, -0.25) is 4.79 Å². The van der Waals surface area contributed by atoms with Gasteiger partial charge in [-0.15, -0.1) is 12.4 Å². The van der Waals surface area contributed by atoms with Gasteiger partial charge in [-0.1, -0.05) is 0 Å². The van der Waals surface area contributed by atoms with Crippen LogP contribution < -0.4 is 5.73 Å². The number of hydrogen-bond donors (Lipinski definition) is 1. The third-order valence-corrected chi connectivity index (χ3v) is 3.37. The molecule has 0 aromatic heterocycles. The number of nitrogens with two attached hydrogens (primary N) is 1. The van der Waals surface area contributed by atoms with E-state index in [2.05, 4.69) is 0 Å². The van der Waals surface area contributed by atoms with Crippen molar-refractivity contribution in [2.24, 2.45) is 11.7 Å². The molecule has 2 N–H and O–H groups in total. The molecule has 0 aromatic carbocycles. The minimum atomic E-state index is -0.165. The molecule has 2 saturated heterocycles. The number of carbonyl (C=O) groups excluding carboxylic acids is 1. The highest BCUT2D eigenvalue weighted by Gasteiger charge is 2.30. The Kier molecular flexibility index (Phi) is 5.52. The summed E-state index contributed by atoms with van der Waals surface area (Å²) in [5, 5.41) is 0. The van der Waals surface area contributed by atoms with Crippen molar-refractivity contribution >= 4 is 18.3 Å². The van der Waals surface area contributed by atoms with E-state index in [1.54, 1.807) is 0 Å². The van der Waals surface area contributed by atoms with Crippen molar-refractivity contribution in [1.29, 1.82) is 0 Å². The number of ether oxygens (including phenoxy) is 1. The minimum absolute atomic E-state index is 0. The Labute approximate surface area is 103 Å². The molecule has 2 atom stereocenters. The van der Waals surface area contributed by atoms with Crippen LogP contribution in [0.3, 0.4) is 0 Å². The number of likely N-dealkylation sites (tertiary alicyclic amines) is 1. The molecule has 0 radical (unpaired) electrons. The van der Waals surface area contributed by atoms with Crippen molar-refractivity contribution in [2.45, 2.75) is 31.8 Å². The first-order valence-corrected chi connectivity index (χ1v) is 5.91. The number of nitrogens with zero attached hydrogens (tertiary/aromatic N) is 1. The Bertz CT molecular complexity index is 232. The summed E-state index contributed by atoms with van der Waals surface area (Å²) in [5.41, 5.74) is 5.65. The van der Waals surface area contributed by atoms with Crippen LogP contribution in [0.15, 0.2) is 0 Å². The monoisotopic (exact) mass is 248 g/mol. The summed E-state index contributed by atoms with van der Waals surface area (Å²) in [6, 6.07) is 0. The quantitative estimate of drug-likeness (QED) is 0.786. The van der Waals surface area contributed by atoms with E-state index in [-0.39, 0.29) is 24.4 Å². The van der Waals surface area contributed by atoms with Crippen LogP contribution in [0.2, 0.25) is 0 Å². The zero-order valence-corrected chi connectivity index (χ0v) is 10.4. The average Bonchev–Trinajstić information content (AvgIpc) is 2.81. The Hall–Kier alpha value is -0.320. The molecule has 2 aliphatic heterocycles. The highest BCUT2D eigenvalue weighted by Crippen LogP contribution is 2.20. The zero-order valence-electron chi connectivity index (χ0n) is 9.56. The van der Waals surface area contributed by atoms with Crippen LogP contribution in [0.1, 0.15) is 25.7 Å². The molecule has 0 aromatic rings. The van der Waals surface area contributed by atoms with Gasteiger partial charge < -0.3 is 15.4 Å². The fraction of sp³-hybridized carbons (Fsp3) is 0.909. The molecule has 2 heterocycles. The molecular weight excluding hydrogens is 228 g/mol. The van der Waals surface area contributed by atoms with Crippen molar-refractivity contribution in [1.82, 2.24) is 4.90 Å². The SMILES string of the molecule is Cl.NCC1CCCN(C(=O)C2CCCO2)C1. The Morgan fingerprint density at radius 2 is 2.19 bits per heavy atom. The zero-order chi connectivity index (χ0) is 10.7. The molecular formula is C11H21ClN2O2. The standard InChI is InChI=1S/C11H20N2O2.ClH/c12-7-9-3-1-5-13(8-9)11(14)10-4-2-6-15-10;/h9-10H,1-8,12H2;1H. The number of amides is 1. The molecule has 0 aliphatic carbocycles. The fourth-order valence-electron chi connectivity index (χ4n) is 2.43. The summed E-state index contributed by atoms with van der Waals surface area (Å²) < 4.78 is 5.41. The predicted octanol–water partition coefficient (Wildman–Crippen LogP) is 0.784. The molecule has 0 saturated carbocycles. The van der Waals surface area contributed by atoms with Gasteiger partial charge in [0.05, 0.1) is 0 Å². The highest BCUT2D eigenvalue weighted by atomic mass is 35.5. The predicted molar refractivity (Wildman–Crippen MR) is 64.6 cm³/mol. The molecule has 0 bridgehead atoms. The Morgan fingerprint density at radius 1 is 1.38 bits per heavy atom. The van der Waals surface area contributed by atoms with E-state index >= 15 is 0 Å². The van der Waals surface area contributed by atoms with Crippen LogP contribution in [0.4, 0.5) is 0 Å².